The molecule has 0 radical (unpaired) electrons. The van der Waals surface area contributed by atoms with Crippen LogP contribution in [0.2, 0.25) is 0 Å². The van der Waals surface area contributed by atoms with E-state index in [1.165, 1.54) is 22.1 Å². The topological polar surface area (TPSA) is 15.3 Å². The van der Waals surface area contributed by atoms with Crippen LogP contribution in [0.4, 0.5) is 5.69 Å². The lowest BCUT2D eigenvalue weighted by molar-refractivity contribution is 0.490. The van der Waals surface area contributed by atoms with Gasteiger partial charge in [-0.3, -0.25) is 0 Å². The Morgan fingerprint density at radius 2 is 2.31 bits per heavy atom. The molecule has 1 N–H and O–H groups in total. The fraction of sp³-hybridized carbons (Fsp3) is 0.538. The van der Waals surface area contributed by atoms with E-state index in [2.05, 4.69) is 58.3 Å². The fourth-order valence-electron chi connectivity index (χ4n) is 2.42. The smallest absolute Gasteiger partial charge is 0.0410 e. The van der Waals surface area contributed by atoms with Gasteiger partial charge in [-0.05, 0) is 44.5 Å². The zero-order chi connectivity index (χ0) is 11.7. The Morgan fingerprint density at radius 1 is 1.56 bits per heavy atom. The molecule has 1 aliphatic heterocycles. The molecule has 1 heterocycles. The van der Waals surface area contributed by atoms with Crippen molar-refractivity contribution in [2.75, 3.05) is 19.0 Å². The van der Waals surface area contributed by atoms with Crippen LogP contribution in [-0.2, 0) is 6.42 Å². The highest BCUT2D eigenvalue weighted by Gasteiger charge is 2.28. The first-order chi connectivity index (χ1) is 7.63. The molecule has 3 heteroatoms. The number of rotatable bonds is 3. The SMILES string of the molecule is CNC(C)CC1Cc2c(Br)cccc2N1C. The minimum Gasteiger partial charge on any atom is -0.371 e. The van der Waals surface area contributed by atoms with E-state index in [1.807, 2.05) is 7.05 Å². The lowest BCUT2D eigenvalue weighted by atomic mass is 10.0. The molecule has 1 aromatic carbocycles. The minimum absolute atomic E-state index is 0.570. The molecule has 1 aliphatic rings. The van der Waals surface area contributed by atoms with Crippen molar-refractivity contribution in [3.05, 3.63) is 28.2 Å². The molecule has 2 nitrogen and oxygen atoms in total. The largest absolute Gasteiger partial charge is 0.371 e. The Hall–Kier alpha value is -0.540. The average molecular weight is 283 g/mol. The van der Waals surface area contributed by atoms with E-state index >= 15 is 0 Å². The van der Waals surface area contributed by atoms with Gasteiger partial charge in [0.1, 0.15) is 0 Å². The van der Waals surface area contributed by atoms with Crippen molar-refractivity contribution in [3.8, 4) is 0 Å². The van der Waals surface area contributed by atoms with Crippen LogP contribution in [-0.4, -0.2) is 26.2 Å². The number of nitrogens with zero attached hydrogens (tertiary/aromatic N) is 1. The van der Waals surface area contributed by atoms with E-state index in [0.717, 1.165) is 6.42 Å². The van der Waals surface area contributed by atoms with E-state index in [4.69, 9.17) is 0 Å². The lowest BCUT2D eigenvalue weighted by Crippen LogP contribution is -2.35. The van der Waals surface area contributed by atoms with Crippen molar-refractivity contribution >= 4 is 21.6 Å². The summed E-state index contributed by atoms with van der Waals surface area (Å²) < 4.78 is 1.25. The van der Waals surface area contributed by atoms with Gasteiger partial charge in [0.25, 0.3) is 0 Å². The first-order valence-electron chi connectivity index (χ1n) is 5.81. The summed E-state index contributed by atoms with van der Waals surface area (Å²) in [5.41, 5.74) is 2.83. The van der Waals surface area contributed by atoms with E-state index in [0.29, 0.717) is 12.1 Å². The lowest BCUT2D eigenvalue weighted by Gasteiger charge is -2.25. The van der Waals surface area contributed by atoms with Crippen LogP contribution in [0, 0.1) is 0 Å². The Kier molecular flexibility index (Phi) is 3.55. The molecule has 88 valence electrons. The van der Waals surface area contributed by atoms with Gasteiger partial charge in [-0.2, -0.15) is 0 Å². The van der Waals surface area contributed by atoms with Gasteiger partial charge in [0.05, 0.1) is 0 Å². The Balaban J connectivity index is 2.17. The maximum Gasteiger partial charge on any atom is 0.0410 e. The summed E-state index contributed by atoms with van der Waals surface area (Å²) >= 11 is 3.64. The Morgan fingerprint density at radius 3 is 2.94 bits per heavy atom. The van der Waals surface area contributed by atoms with Crippen LogP contribution >= 0.6 is 15.9 Å². The van der Waals surface area contributed by atoms with Crippen LogP contribution in [0.1, 0.15) is 18.9 Å². The molecule has 0 aromatic heterocycles. The standard InChI is InChI=1S/C13H19BrN2/c1-9(15-2)7-10-8-11-12(14)5-4-6-13(11)16(10)3/h4-6,9-10,15H,7-8H2,1-3H3. The average Bonchev–Trinajstić information content (AvgIpc) is 2.58. The molecule has 2 rings (SSSR count). The third-order valence-corrected chi connectivity index (χ3v) is 4.32. The number of hydrogen-bond donors (Lipinski definition) is 1. The highest BCUT2D eigenvalue weighted by Crippen LogP contribution is 2.36. The number of likely N-dealkylation sites (N-methyl/N-ethyl adjacent to an activating group) is 1. The van der Waals surface area contributed by atoms with Gasteiger partial charge in [0.2, 0.25) is 0 Å². The van der Waals surface area contributed by atoms with Gasteiger partial charge in [0, 0.05) is 29.3 Å². The molecule has 1 aromatic rings. The molecule has 0 bridgehead atoms. The van der Waals surface area contributed by atoms with E-state index in [9.17, 15) is 0 Å². The molecule has 2 atom stereocenters. The summed E-state index contributed by atoms with van der Waals surface area (Å²) in [4.78, 5) is 2.41. The van der Waals surface area contributed by atoms with Crippen molar-refractivity contribution in [2.45, 2.75) is 31.8 Å². The van der Waals surface area contributed by atoms with Gasteiger partial charge in [-0.25, -0.2) is 0 Å². The molecular weight excluding hydrogens is 264 g/mol. The van der Waals surface area contributed by atoms with Crippen molar-refractivity contribution < 1.29 is 0 Å². The van der Waals surface area contributed by atoms with Crippen LogP contribution in [0.15, 0.2) is 22.7 Å². The molecule has 0 spiro atoms. The third kappa shape index (κ3) is 2.11. The number of benzene rings is 1. The second-order valence-electron chi connectivity index (χ2n) is 4.63. The third-order valence-electron chi connectivity index (χ3n) is 3.58. The number of fused-ring (bicyclic) bond motifs is 1. The zero-order valence-corrected chi connectivity index (χ0v) is 11.7. The molecule has 2 unspecified atom stereocenters. The molecular formula is C13H19BrN2. The van der Waals surface area contributed by atoms with E-state index < -0.39 is 0 Å². The van der Waals surface area contributed by atoms with Gasteiger partial charge in [-0.1, -0.05) is 22.0 Å². The molecule has 0 aliphatic carbocycles. The summed E-state index contributed by atoms with van der Waals surface area (Å²) in [5.74, 6) is 0. The Bertz CT molecular complexity index is 378. The van der Waals surface area contributed by atoms with Gasteiger partial charge >= 0.3 is 0 Å². The summed E-state index contributed by atoms with van der Waals surface area (Å²) in [7, 11) is 4.23. The quantitative estimate of drug-likeness (QED) is 0.917. The molecule has 0 saturated heterocycles. The van der Waals surface area contributed by atoms with Crippen LogP contribution in [0.5, 0.6) is 0 Å². The van der Waals surface area contributed by atoms with Gasteiger partial charge in [-0.15, -0.1) is 0 Å². The van der Waals surface area contributed by atoms with Gasteiger partial charge < -0.3 is 10.2 Å². The number of halogens is 1. The van der Waals surface area contributed by atoms with Crippen molar-refractivity contribution in [3.63, 3.8) is 0 Å². The molecule has 0 saturated carbocycles. The van der Waals surface area contributed by atoms with Crippen LogP contribution in [0.3, 0.4) is 0 Å². The normalized spacial score (nSPS) is 21.0. The van der Waals surface area contributed by atoms with Crippen LogP contribution in [0.25, 0.3) is 0 Å². The van der Waals surface area contributed by atoms with E-state index in [-0.39, 0.29) is 0 Å². The molecule has 16 heavy (non-hydrogen) atoms. The fourth-order valence-corrected chi connectivity index (χ4v) is 2.93. The Labute approximate surface area is 106 Å². The van der Waals surface area contributed by atoms with Crippen molar-refractivity contribution in [1.29, 1.82) is 0 Å². The van der Waals surface area contributed by atoms with Gasteiger partial charge in [0.15, 0.2) is 0 Å². The number of nitrogens with one attached hydrogen (secondary N) is 1. The highest BCUT2D eigenvalue weighted by atomic mass is 79.9. The number of anilines is 1. The van der Waals surface area contributed by atoms with Crippen molar-refractivity contribution in [1.82, 2.24) is 5.32 Å². The zero-order valence-electron chi connectivity index (χ0n) is 10.1. The minimum atomic E-state index is 0.570. The number of hydrogen-bond acceptors (Lipinski definition) is 2. The van der Waals surface area contributed by atoms with Crippen molar-refractivity contribution in [2.24, 2.45) is 0 Å². The highest BCUT2D eigenvalue weighted by molar-refractivity contribution is 9.10. The first kappa shape index (κ1) is 11.9. The monoisotopic (exact) mass is 282 g/mol. The maximum atomic E-state index is 3.64. The maximum absolute atomic E-state index is 3.64. The molecule has 0 amide bonds. The molecule has 0 fully saturated rings. The van der Waals surface area contributed by atoms with Crippen LogP contribution < -0.4 is 10.2 Å². The summed E-state index contributed by atoms with van der Waals surface area (Å²) in [6, 6.07) is 7.65. The predicted octanol–water partition coefficient (Wildman–Crippen LogP) is 2.81. The summed E-state index contributed by atoms with van der Waals surface area (Å²) in [6.07, 6.45) is 2.34. The second-order valence-corrected chi connectivity index (χ2v) is 5.49. The summed E-state index contributed by atoms with van der Waals surface area (Å²) in [5, 5.41) is 3.32. The predicted molar refractivity (Wildman–Crippen MR) is 73.2 cm³/mol. The van der Waals surface area contributed by atoms with E-state index in [1.54, 1.807) is 0 Å². The summed E-state index contributed by atoms with van der Waals surface area (Å²) in [6.45, 7) is 2.24. The second kappa shape index (κ2) is 4.76. The first-order valence-corrected chi connectivity index (χ1v) is 6.60.